The van der Waals surface area contributed by atoms with Crippen molar-refractivity contribution in [1.29, 1.82) is 0 Å². The number of rotatable bonds is 0. The van der Waals surface area contributed by atoms with Crippen LogP contribution in [0.4, 0.5) is 0 Å². The Morgan fingerprint density at radius 2 is 2.33 bits per heavy atom. The topological polar surface area (TPSA) is 12.4 Å². The van der Waals surface area contributed by atoms with E-state index in [0.29, 0.717) is 0 Å². The van der Waals surface area contributed by atoms with Crippen LogP contribution in [0.25, 0.3) is 0 Å². The van der Waals surface area contributed by atoms with Crippen molar-refractivity contribution in [3.63, 3.8) is 0 Å². The third-order valence-corrected chi connectivity index (χ3v) is 2.14. The third kappa shape index (κ3) is 1.27. The fourth-order valence-electron chi connectivity index (χ4n) is 1.48. The summed E-state index contributed by atoms with van der Waals surface area (Å²) in [5, 5.41) is 0. The minimum absolute atomic E-state index is 0.0604. The van der Waals surface area contributed by atoms with Crippen LogP contribution in [0.3, 0.4) is 0 Å². The molecular weight excluding hydrogens is 146 g/mol. The molecule has 0 atom stereocenters. The first-order valence-electron chi connectivity index (χ1n) is 4.22. The summed E-state index contributed by atoms with van der Waals surface area (Å²) in [7, 11) is 0. The molecule has 0 aliphatic carbocycles. The molecule has 1 radical (unpaired) electrons. The van der Waals surface area contributed by atoms with Gasteiger partial charge in [-0.2, -0.15) is 0 Å². The molecule has 1 heteroatoms. The Morgan fingerprint density at radius 1 is 1.50 bits per heavy atom. The largest absolute Gasteiger partial charge is 0.286 e. The first-order valence-corrected chi connectivity index (χ1v) is 4.22. The lowest BCUT2D eigenvalue weighted by atomic mass is 9.90. The number of hydrogen-bond acceptors (Lipinski definition) is 1. The van der Waals surface area contributed by atoms with Crippen molar-refractivity contribution < 1.29 is 0 Å². The Bertz CT molecular complexity index is 324. The summed E-state index contributed by atoms with van der Waals surface area (Å²) in [4.78, 5) is 4.46. The second-order valence-corrected chi connectivity index (χ2v) is 3.85. The molecule has 1 aliphatic rings. The monoisotopic (exact) mass is 158 g/mol. The molecule has 0 amide bonds. The molecule has 0 aromatic heterocycles. The number of fused-ring (bicyclic) bond motifs is 1. The maximum Gasteiger partial charge on any atom is 0.0592 e. The molecule has 2 rings (SSSR count). The molecule has 0 unspecified atom stereocenters. The Balaban J connectivity index is 2.46. The number of benzene rings is 1. The van der Waals surface area contributed by atoms with Gasteiger partial charge in [-0.1, -0.05) is 18.2 Å². The standard InChI is InChI=1S/C11H12N/c1-11(2)7-9-5-3-4-6-10(9)8-12-11/h3-4,6,8H,7H2,1-2H3. The van der Waals surface area contributed by atoms with E-state index in [1.165, 1.54) is 11.1 Å². The molecule has 12 heavy (non-hydrogen) atoms. The van der Waals surface area contributed by atoms with Gasteiger partial charge in [-0.25, -0.2) is 0 Å². The van der Waals surface area contributed by atoms with E-state index < -0.39 is 0 Å². The van der Waals surface area contributed by atoms with Crippen molar-refractivity contribution in [1.82, 2.24) is 0 Å². The van der Waals surface area contributed by atoms with Gasteiger partial charge in [-0.05, 0) is 37.5 Å². The highest BCUT2D eigenvalue weighted by atomic mass is 14.8. The highest BCUT2D eigenvalue weighted by molar-refractivity contribution is 5.83. The lowest BCUT2D eigenvalue weighted by molar-refractivity contribution is 0.516. The molecule has 1 aromatic rings. The summed E-state index contributed by atoms with van der Waals surface area (Å²) in [6.07, 6.45) is 2.95. The second-order valence-electron chi connectivity index (χ2n) is 3.85. The average Bonchev–Trinajstić information content (AvgIpc) is 2.02. The van der Waals surface area contributed by atoms with Gasteiger partial charge in [-0.3, -0.25) is 4.99 Å². The Morgan fingerprint density at radius 3 is 3.17 bits per heavy atom. The van der Waals surface area contributed by atoms with E-state index in [2.05, 4.69) is 31.0 Å². The summed E-state index contributed by atoms with van der Waals surface area (Å²) in [6.45, 7) is 4.29. The molecule has 0 bridgehead atoms. The molecule has 61 valence electrons. The van der Waals surface area contributed by atoms with Crippen LogP contribution in [0.1, 0.15) is 25.0 Å². The van der Waals surface area contributed by atoms with E-state index in [4.69, 9.17) is 0 Å². The molecule has 1 nitrogen and oxygen atoms in total. The first kappa shape index (κ1) is 7.53. The van der Waals surface area contributed by atoms with Crippen molar-refractivity contribution in [3.05, 3.63) is 35.4 Å². The predicted octanol–water partition coefficient (Wildman–Crippen LogP) is 2.24. The molecule has 0 fully saturated rings. The van der Waals surface area contributed by atoms with E-state index in [0.717, 1.165) is 6.42 Å². The van der Waals surface area contributed by atoms with Crippen molar-refractivity contribution in [2.75, 3.05) is 0 Å². The average molecular weight is 158 g/mol. The van der Waals surface area contributed by atoms with E-state index in [1.54, 1.807) is 0 Å². The van der Waals surface area contributed by atoms with Gasteiger partial charge in [0.1, 0.15) is 0 Å². The summed E-state index contributed by atoms with van der Waals surface area (Å²) < 4.78 is 0. The van der Waals surface area contributed by atoms with E-state index in [1.807, 2.05) is 18.3 Å². The number of aliphatic imine (C=N–C) groups is 1. The van der Waals surface area contributed by atoms with Crippen LogP contribution in [0, 0.1) is 6.07 Å². The van der Waals surface area contributed by atoms with Gasteiger partial charge >= 0.3 is 0 Å². The molecular formula is C11H12N. The third-order valence-electron chi connectivity index (χ3n) is 2.14. The van der Waals surface area contributed by atoms with Gasteiger partial charge in [0.05, 0.1) is 5.54 Å². The minimum atomic E-state index is 0.0604. The SMILES string of the molecule is CC1(C)Cc2[c]cccc2C=N1. The molecule has 0 N–H and O–H groups in total. The Labute approximate surface area is 73.1 Å². The van der Waals surface area contributed by atoms with Gasteiger partial charge < -0.3 is 0 Å². The van der Waals surface area contributed by atoms with Gasteiger partial charge in [0.2, 0.25) is 0 Å². The van der Waals surface area contributed by atoms with Crippen LogP contribution in [0.15, 0.2) is 23.2 Å². The quantitative estimate of drug-likeness (QED) is 0.549. The molecule has 1 aromatic carbocycles. The van der Waals surface area contributed by atoms with Crippen molar-refractivity contribution >= 4 is 6.21 Å². The normalized spacial score (nSPS) is 18.8. The fraction of sp³-hybridized carbons (Fsp3) is 0.364. The van der Waals surface area contributed by atoms with Crippen LogP contribution >= 0.6 is 0 Å². The molecule has 1 heterocycles. The van der Waals surface area contributed by atoms with Crippen LogP contribution in [-0.4, -0.2) is 11.8 Å². The highest BCUT2D eigenvalue weighted by Gasteiger charge is 2.20. The van der Waals surface area contributed by atoms with Crippen LogP contribution in [-0.2, 0) is 6.42 Å². The Hall–Kier alpha value is -1.11. The van der Waals surface area contributed by atoms with Gasteiger partial charge in [-0.15, -0.1) is 0 Å². The maximum absolute atomic E-state index is 4.46. The number of hydrogen-bond donors (Lipinski definition) is 0. The van der Waals surface area contributed by atoms with Crippen LogP contribution < -0.4 is 0 Å². The van der Waals surface area contributed by atoms with Crippen LogP contribution in [0.5, 0.6) is 0 Å². The van der Waals surface area contributed by atoms with Crippen molar-refractivity contribution in [2.45, 2.75) is 25.8 Å². The van der Waals surface area contributed by atoms with Gasteiger partial charge in [0.25, 0.3) is 0 Å². The van der Waals surface area contributed by atoms with Crippen LogP contribution in [0.2, 0.25) is 0 Å². The second kappa shape index (κ2) is 2.44. The molecule has 1 aliphatic heterocycles. The smallest absolute Gasteiger partial charge is 0.0592 e. The van der Waals surface area contributed by atoms with Crippen molar-refractivity contribution in [2.24, 2.45) is 4.99 Å². The fourth-order valence-corrected chi connectivity index (χ4v) is 1.48. The van der Waals surface area contributed by atoms with Gasteiger partial charge in [0.15, 0.2) is 0 Å². The lowest BCUT2D eigenvalue weighted by Gasteiger charge is -2.24. The minimum Gasteiger partial charge on any atom is -0.286 e. The molecule has 0 saturated heterocycles. The predicted molar refractivity (Wildman–Crippen MR) is 50.7 cm³/mol. The lowest BCUT2D eigenvalue weighted by Crippen LogP contribution is -2.24. The van der Waals surface area contributed by atoms with E-state index >= 15 is 0 Å². The summed E-state index contributed by atoms with van der Waals surface area (Å²) >= 11 is 0. The summed E-state index contributed by atoms with van der Waals surface area (Å²) in [5.74, 6) is 0. The highest BCUT2D eigenvalue weighted by Crippen LogP contribution is 2.22. The van der Waals surface area contributed by atoms with E-state index in [9.17, 15) is 0 Å². The Kier molecular flexibility index (Phi) is 1.53. The van der Waals surface area contributed by atoms with E-state index in [-0.39, 0.29) is 5.54 Å². The summed E-state index contributed by atoms with van der Waals surface area (Å²) in [6, 6.07) is 9.31. The number of nitrogens with zero attached hydrogens (tertiary/aromatic N) is 1. The summed E-state index contributed by atoms with van der Waals surface area (Å²) in [5.41, 5.74) is 2.57. The first-order chi connectivity index (χ1) is 5.67. The maximum atomic E-state index is 4.46. The zero-order valence-electron chi connectivity index (χ0n) is 7.46. The van der Waals surface area contributed by atoms with Crippen molar-refractivity contribution in [3.8, 4) is 0 Å². The molecule has 0 spiro atoms. The zero-order chi connectivity index (χ0) is 8.60. The van der Waals surface area contributed by atoms with Gasteiger partial charge in [0, 0.05) is 6.21 Å². The molecule has 0 saturated carbocycles. The zero-order valence-corrected chi connectivity index (χ0v) is 7.46.